The van der Waals surface area contributed by atoms with Crippen molar-refractivity contribution in [1.29, 1.82) is 5.26 Å². The van der Waals surface area contributed by atoms with Crippen LogP contribution in [0.2, 0.25) is 10.0 Å². The molecule has 0 spiro atoms. The number of carbonyl (C=O) groups excluding carboxylic acids is 1. The SMILES string of the molecule is CCOc1cc(/C=C(/C#N)C(=O)NCCCc2ccccc2)c(Br)cc1OCc1ccc(Cl)c(Cl)c1. The van der Waals surface area contributed by atoms with Crippen LogP contribution in [0, 0.1) is 11.3 Å². The molecule has 0 saturated heterocycles. The monoisotopic (exact) mass is 586 g/mol. The summed E-state index contributed by atoms with van der Waals surface area (Å²) in [5.41, 5.74) is 2.68. The fourth-order valence-electron chi connectivity index (χ4n) is 3.37. The summed E-state index contributed by atoms with van der Waals surface area (Å²) < 4.78 is 12.4. The van der Waals surface area contributed by atoms with Crippen LogP contribution in [0.4, 0.5) is 0 Å². The molecule has 0 fully saturated rings. The van der Waals surface area contributed by atoms with Gasteiger partial charge in [-0.15, -0.1) is 0 Å². The minimum absolute atomic E-state index is 0.00216. The van der Waals surface area contributed by atoms with E-state index in [0.29, 0.717) is 44.7 Å². The molecule has 186 valence electrons. The lowest BCUT2D eigenvalue weighted by Crippen LogP contribution is -2.25. The van der Waals surface area contributed by atoms with Gasteiger partial charge in [0.25, 0.3) is 5.91 Å². The highest BCUT2D eigenvalue weighted by Crippen LogP contribution is 2.35. The second kappa shape index (κ2) is 13.9. The first-order valence-corrected chi connectivity index (χ1v) is 12.9. The van der Waals surface area contributed by atoms with Gasteiger partial charge in [0.1, 0.15) is 18.2 Å². The van der Waals surface area contributed by atoms with Gasteiger partial charge in [-0.25, -0.2) is 0 Å². The number of nitrogens with one attached hydrogen (secondary N) is 1. The van der Waals surface area contributed by atoms with Crippen molar-refractivity contribution in [2.75, 3.05) is 13.2 Å². The predicted octanol–water partition coefficient (Wildman–Crippen LogP) is 7.39. The van der Waals surface area contributed by atoms with Crippen molar-refractivity contribution in [2.24, 2.45) is 0 Å². The van der Waals surface area contributed by atoms with Crippen LogP contribution in [0.3, 0.4) is 0 Å². The molecule has 1 N–H and O–H groups in total. The average Bonchev–Trinajstić information content (AvgIpc) is 2.88. The van der Waals surface area contributed by atoms with E-state index in [9.17, 15) is 10.1 Å². The Morgan fingerprint density at radius 3 is 2.47 bits per heavy atom. The van der Waals surface area contributed by atoms with Gasteiger partial charge in [0.05, 0.1) is 16.7 Å². The van der Waals surface area contributed by atoms with E-state index in [1.54, 1.807) is 24.3 Å². The van der Waals surface area contributed by atoms with Crippen LogP contribution in [0.15, 0.2) is 70.7 Å². The summed E-state index contributed by atoms with van der Waals surface area (Å²) in [7, 11) is 0. The molecule has 0 heterocycles. The number of carbonyl (C=O) groups is 1. The van der Waals surface area contributed by atoms with Crippen LogP contribution in [-0.2, 0) is 17.8 Å². The van der Waals surface area contributed by atoms with E-state index in [1.807, 2.05) is 49.4 Å². The second-order valence-corrected chi connectivity index (χ2v) is 9.47. The Kier molecular flexibility index (Phi) is 10.7. The molecular weight excluding hydrogens is 563 g/mol. The van der Waals surface area contributed by atoms with E-state index < -0.39 is 5.91 Å². The van der Waals surface area contributed by atoms with E-state index in [1.165, 1.54) is 11.6 Å². The molecule has 3 aromatic rings. The number of aryl methyl sites for hydroxylation is 1. The molecular formula is C28H25BrCl2N2O3. The number of rotatable bonds is 11. The molecule has 5 nitrogen and oxygen atoms in total. The third-order valence-corrected chi connectivity index (χ3v) is 6.60. The number of hydrogen-bond acceptors (Lipinski definition) is 4. The zero-order valence-corrected chi connectivity index (χ0v) is 22.8. The zero-order chi connectivity index (χ0) is 25.9. The van der Waals surface area contributed by atoms with Crippen molar-refractivity contribution in [3.8, 4) is 17.6 Å². The van der Waals surface area contributed by atoms with Crippen molar-refractivity contribution >= 4 is 51.1 Å². The zero-order valence-electron chi connectivity index (χ0n) is 19.7. The van der Waals surface area contributed by atoms with Crippen LogP contribution in [0.5, 0.6) is 11.5 Å². The molecule has 0 aliphatic carbocycles. The molecule has 36 heavy (non-hydrogen) atoms. The minimum Gasteiger partial charge on any atom is -0.490 e. The van der Waals surface area contributed by atoms with Crippen molar-refractivity contribution in [1.82, 2.24) is 5.32 Å². The highest BCUT2D eigenvalue weighted by atomic mass is 79.9. The predicted molar refractivity (Wildman–Crippen MR) is 147 cm³/mol. The van der Waals surface area contributed by atoms with Crippen LogP contribution in [0.25, 0.3) is 6.08 Å². The number of halogens is 3. The maximum Gasteiger partial charge on any atom is 0.261 e. The van der Waals surface area contributed by atoms with Gasteiger partial charge in [-0.05, 0) is 66.8 Å². The molecule has 0 bridgehead atoms. The van der Waals surface area contributed by atoms with E-state index in [4.69, 9.17) is 32.7 Å². The summed E-state index contributed by atoms with van der Waals surface area (Å²) in [6, 6.07) is 20.8. The summed E-state index contributed by atoms with van der Waals surface area (Å²) in [6.07, 6.45) is 3.15. The number of nitriles is 1. The second-order valence-electron chi connectivity index (χ2n) is 7.81. The van der Waals surface area contributed by atoms with Crippen molar-refractivity contribution in [2.45, 2.75) is 26.4 Å². The average molecular weight is 588 g/mol. The molecule has 3 rings (SSSR count). The van der Waals surface area contributed by atoms with Gasteiger partial charge in [0.2, 0.25) is 0 Å². The number of amides is 1. The lowest BCUT2D eigenvalue weighted by atomic mass is 10.1. The Labute approximate surface area is 229 Å². The van der Waals surface area contributed by atoms with Gasteiger partial charge >= 0.3 is 0 Å². The summed E-state index contributed by atoms with van der Waals surface area (Å²) in [6.45, 7) is 3.01. The normalized spacial score (nSPS) is 11.0. The van der Waals surface area contributed by atoms with E-state index in [2.05, 4.69) is 21.2 Å². The first-order valence-electron chi connectivity index (χ1n) is 11.4. The summed E-state index contributed by atoms with van der Waals surface area (Å²) in [5, 5.41) is 13.3. The number of hydrogen-bond donors (Lipinski definition) is 1. The molecule has 8 heteroatoms. The molecule has 0 aliphatic heterocycles. The van der Waals surface area contributed by atoms with Crippen LogP contribution < -0.4 is 14.8 Å². The maximum atomic E-state index is 12.6. The lowest BCUT2D eigenvalue weighted by molar-refractivity contribution is -0.117. The van der Waals surface area contributed by atoms with Gasteiger partial charge in [0.15, 0.2) is 11.5 Å². The molecule has 1 amide bonds. The molecule has 0 atom stereocenters. The fourth-order valence-corrected chi connectivity index (χ4v) is 4.13. The highest BCUT2D eigenvalue weighted by Gasteiger charge is 2.14. The third kappa shape index (κ3) is 8.03. The topological polar surface area (TPSA) is 71.3 Å². The van der Waals surface area contributed by atoms with Crippen LogP contribution in [-0.4, -0.2) is 19.1 Å². The molecule has 0 unspecified atom stereocenters. The fraction of sp³-hybridized carbons (Fsp3) is 0.214. The maximum absolute atomic E-state index is 12.6. The third-order valence-electron chi connectivity index (χ3n) is 5.18. The number of nitrogens with zero attached hydrogens (tertiary/aromatic N) is 1. The first kappa shape index (κ1) is 27.6. The van der Waals surface area contributed by atoms with Crippen LogP contribution >= 0.6 is 39.1 Å². The smallest absolute Gasteiger partial charge is 0.261 e. The van der Waals surface area contributed by atoms with Crippen molar-refractivity contribution in [3.05, 3.63) is 97.4 Å². The van der Waals surface area contributed by atoms with E-state index >= 15 is 0 Å². The Morgan fingerprint density at radius 2 is 1.78 bits per heavy atom. The molecule has 0 aromatic heterocycles. The van der Waals surface area contributed by atoms with E-state index in [-0.39, 0.29) is 12.2 Å². The summed E-state index contributed by atoms with van der Waals surface area (Å²) >= 11 is 15.6. The molecule has 0 radical (unpaired) electrons. The van der Waals surface area contributed by atoms with Gasteiger partial charge < -0.3 is 14.8 Å². The first-order chi connectivity index (χ1) is 17.4. The Balaban J connectivity index is 1.69. The minimum atomic E-state index is -0.421. The lowest BCUT2D eigenvalue weighted by Gasteiger charge is -2.14. The quantitative estimate of drug-likeness (QED) is 0.144. The molecule has 0 saturated carbocycles. The Hall–Kier alpha value is -2.98. The van der Waals surface area contributed by atoms with Crippen LogP contribution in [0.1, 0.15) is 30.0 Å². The van der Waals surface area contributed by atoms with Gasteiger partial charge in [0, 0.05) is 11.0 Å². The number of ether oxygens (including phenoxy) is 2. The molecule has 0 aliphatic rings. The van der Waals surface area contributed by atoms with Gasteiger partial charge in [-0.3, -0.25) is 4.79 Å². The largest absolute Gasteiger partial charge is 0.490 e. The van der Waals surface area contributed by atoms with Crippen molar-refractivity contribution in [3.63, 3.8) is 0 Å². The summed E-state index contributed by atoms with van der Waals surface area (Å²) in [4.78, 5) is 12.6. The standard InChI is InChI=1S/C28H25BrCl2N2O3/c1-2-35-26-15-21(23(29)16-27(26)36-18-20-10-11-24(30)25(31)13-20)14-22(17-32)28(34)33-12-6-9-19-7-4-3-5-8-19/h3-5,7-8,10-11,13-16H,2,6,9,12,18H2,1H3,(H,33,34)/b22-14-. The Morgan fingerprint density at radius 1 is 1.03 bits per heavy atom. The number of benzene rings is 3. The van der Waals surface area contributed by atoms with Gasteiger partial charge in [-0.2, -0.15) is 5.26 Å². The molecule has 3 aromatic carbocycles. The Bertz CT molecular complexity index is 1270. The van der Waals surface area contributed by atoms with E-state index in [0.717, 1.165) is 18.4 Å². The summed E-state index contributed by atoms with van der Waals surface area (Å²) in [5.74, 6) is 0.582. The van der Waals surface area contributed by atoms with Gasteiger partial charge in [-0.1, -0.05) is 75.5 Å². The van der Waals surface area contributed by atoms with Crippen molar-refractivity contribution < 1.29 is 14.3 Å². The highest BCUT2D eigenvalue weighted by molar-refractivity contribution is 9.10.